The lowest BCUT2D eigenvalue weighted by molar-refractivity contribution is -0.524. The highest BCUT2D eigenvalue weighted by atomic mass is 16.6. The number of aliphatic carboxylic acids is 1. The fourth-order valence-corrected chi connectivity index (χ4v) is 0.906. The number of aldehydes is 1. The molecule has 13 heavy (non-hydrogen) atoms. The lowest BCUT2D eigenvalue weighted by Gasteiger charge is -2.05. The summed E-state index contributed by atoms with van der Waals surface area (Å²) < 4.78 is 0. The van der Waals surface area contributed by atoms with Crippen LogP contribution in [-0.2, 0) is 9.59 Å². The number of carboxylic acids is 1. The molecule has 0 aliphatic carbocycles. The Morgan fingerprint density at radius 3 is 2.54 bits per heavy atom. The van der Waals surface area contributed by atoms with Crippen LogP contribution < -0.4 is 0 Å². The molecule has 1 unspecified atom stereocenters. The first-order valence-electron chi connectivity index (χ1n) is 3.87. The van der Waals surface area contributed by atoms with Crippen molar-refractivity contribution in [3.05, 3.63) is 10.1 Å². The zero-order chi connectivity index (χ0) is 10.3. The van der Waals surface area contributed by atoms with E-state index < -0.39 is 16.9 Å². The molecule has 0 aromatic heterocycles. The SMILES string of the molecule is O=CCCC(CCC(=O)O)[N+](=O)[O-]. The number of carbonyl (C=O) groups is 2. The van der Waals surface area contributed by atoms with Crippen LogP contribution in [0.15, 0.2) is 0 Å². The summed E-state index contributed by atoms with van der Waals surface area (Å²) in [5.74, 6) is -1.06. The summed E-state index contributed by atoms with van der Waals surface area (Å²) in [4.78, 5) is 29.8. The first kappa shape index (κ1) is 11.5. The highest BCUT2D eigenvalue weighted by molar-refractivity contribution is 5.66. The van der Waals surface area contributed by atoms with Gasteiger partial charge < -0.3 is 9.90 Å². The Balaban J connectivity index is 3.87. The van der Waals surface area contributed by atoms with Gasteiger partial charge in [-0.05, 0) is 0 Å². The second kappa shape index (κ2) is 6.10. The van der Waals surface area contributed by atoms with Gasteiger partial charge in [-0.3, -0.25) is 14.9 Å². The number of nitrogens with zero attached hydrogens (tertiary/aromatic N) is 1. The van der Waals surface area contributed by atoms with E-state index in [2.05, 4.69) is 0 Å². The third kappa shape index (κ3) is 5.77. The van der Waals surface area contributed by atoms with Gasteiger partial charge in [0.2, 0.25) is 6.04 Å². The number of carboxylic acid groups (broad SMARTS) is 1. The predicted molar refractivity (Wildman–Crippen MR) is 43.0 cm³/mol. The van der Waals surface area contributed by atoms with E-state index in [9.17, 15) is 19.7 Å². The van der Waals surface area contributed by atoms with Crippen molar-refractivity contribution in [2.45, 2.75) is 31.7 Å². The van der Waals surface area contributed by atoms with Crippen LogP contribution in [0.2, 0.25) is 0 Å². The molecule has 0 heterocycles. The molecule has 0 rings (SSSR count). The van der Waals surface area contributed by atoms with Gasteiger partial charge in [0.1, 0.15) is 6.29 Å². The molecule has 74 valence electrons. The lowest BCUT2D eigenvalue weighted by Crippen LogP contribution is -2.20. The Morgan fingerprint density at radius 2 is 2.15 bits per heavy atom. The van der Waals surface area contributed by atoms with Crippen LogP contribution in [0.5, 0.6) is 0 Å². The quantitative estimate of drug-likeness (QED) is 0.356. The molecule has 0 aromatic carbocycles. The minimum atomic E-state index is -1.06. The Labute approximate surface area is 74.7 Å². The van der Waals surface area contributed by atoms with Crippen molar-refractivity contribution >= 4 is 12.3 Å². The van der Waals surface area contributed by atoms with Gasteiger partial charge in [0.15, 0.2) is 0 Å². The maximum absolute atomic E-state index is 10.3. The number of hydrogen-bond acceptors (Lipinski definition) is 4. The average molecular weight is 189 g/mol. The fourth-order valence-electron chi connectivity index (χ4n) is 0.906. The van der Waals surface area contributed by atoms with E-state index in [1.807, 2.05) is 0 Å². The molecule has 0 bridgehead atoms. The van der Waals surface area contributed by atoms with Crippen LogP contribution >= 0.6 is 0 Å². The Hall–Kier alpha value is -1.46. The average Bonchev–Trinajstić information content (AvgIpc) is 2.03. The molecular formula is C7H11NO5. The summed E-state index contributed by atoms with van der Waals surface area (Å²) in [6.07, 6.45) is 0.562. The number of nitro groups is 1. The highest BCUT2D eigenvalue weighted by Gasteiger charge is 2.20. The zero-order valence-electron chi connectivity index (χ0n) is 7.01. The monoisotopic (exact) mass is 189 g/mol. The van der Waals surface area contributed by atoms with Crippen LogP contribution in [0.3, 0.4) is 0 Å². The summed E-state index contributed by atoms with van der Waals surface area (Å²) in [5.41, 5.74) is 0. The minimum absolute atomic E-state index is 0.0177. The molecular weight excluding hydrogens is 178 g/mol. The third-order valence-corrected chi connectivity index (χ3v) is 1.61. The van der Waals surface area contributed by atoms with Gasteiger partial charge in [0, 0.05) is 24.2 Å². The normalized spacial score (nSPS) is 12.0. The summed E-state index contributed by atoms with van der Waals surface area (Å²) in [5, 5.41) is 18.6. The maximum atomic E-state index is 10.3. The van der Waals surface area contributed by atoms with Gasteiger partial charge in [0.05, 0.1) is 6.42 Å². The van der Waals surface area contributed by atoms with Gasteiger partial charge in [-0.1, -0.05) is 0 Å². The Bertz CT molecular complexity index is 203. The molecule has 0 saturated heterocycles. The van der Waals surface area contributed by atoms with Crippen LogP contribution in [-0.4, -0.2) is 28.3 Å². The van der Waals surface area contributed by atoms with Crippen molar-refractivity contribution in [1.82, 2.24) is 0 Å². The molecule has 0 spiro atoms. The van der Waals surface area contributed by atoms with Crippen molar-refractivity contribution in [3.8, 4) is 0 Å². The summed E-state index contributed by atoms with van der Waals surface area (Å²) >= 11 is 0. The third-order valence-electron chi connectivity index (χ3n) is 1.61. The molecule has 6 nitrogen and oxygen atoms in total. The highest BCUT2D eigenvalue weighted by Crippen LogP contribution is 2.07. The van der Waals surface area contributed by atoms with Gasteiger partial charge >= 0.3 is 5.97 Å². The van der Waals surface area contributed by atoms with E-state index in [0.29, 0.717) is 6.29 Å². The van der Waals surface area contributed by atoms with Crippen molar-refractivity contribution in [2.24, 2.45) is 0 Å². The van der Waals surface area contributed by atoms with E-state index in [1.54, 1.807) is 0 Å². The molecule has 1 atom stereocenters. The van der Waals surface area contributed by atoms with E-state index in [4.69, 9.17) is 5.11 Å². The molecule has 0 radical (unpaired) electrons. The van der Waals surface area contributed by atoms with Crippen LogP contribution in [0, 0.1) is 10.1 Å². The first-order valence-corrected chi connectivity index (χ1v) is 3.87. The predicted octanol–water partition coefficient (Wildman–Crippen LogP) is 0.476. The molecule has 0 aliphatic heterocycles. The van der Waals surface area contributed by atoms with E-state index >= 15 is 0 Å². The summed E-state index contributed by atoms with van der Waals surface area (Å²) in [6, 6.07) is -0.915. The Kier molecular flexibility index (Phi) is 5.42. The van der Waals surface area contributed by atoms with Crippen LogP contribution in [0.1, 0.15) is 25.7 Å². The van der Waals surface area contributed by atoms with Gasteiger partial charge in [-0.2, -0.15) is 0 Å². The standard InChI is InChI=1S/C7H11NO5/c9-5-1-2-6(8(12)13)3-4-7(10)11/h5-6H,1-4H2,(H,10,11). The fraction of sp³-hybridized carbons (Fsp3) is 0.714. The molecule has 1 N–H and O–H groups in total. The lowest BCUT2D eigenvalue weighted by atomic mass is 10.1. The molecule has 0 aliphatic rings. The van der Waals surface area contributed by atoms with Crippen molar-refractivity contribution < 1.29 is 19.6 Å². The summed E-state index contributed by atoms with van der Waals surface area (Å²) in [7, 11) is 0. The molecule has 6 heteroatoms. The van der Waals surface area contributed by atoms with E-state index in [-0.39, 0.29) is 25.7 Å². The van der Waals surface area contributed by atoms with Gasteiger partial charge in [0.25, 0.3) is 0 Å². The topological polar surface area (TPSA) is 97.5 Å². The van der Waals surface area contributed by atoms with Crippen molar-refractivity contribution in [3.63, 3.8) is 0 Å². The Morgan fingerprint density at radius 1 is 1.54 bits per heavy atom. The largest absolute Gasteiger partial charge is 0.481 e. The minimum Gasteiger partial charge on any atom is -0.481 e. The molecule has 0 aromatic rings. The van der Waals surface area contributed by atoms with E-state index in [1.165, 1.54) is 0 Å². The molecule has 0 fully saturated rings. The van der Waals surface area contributed by atoms with Crippen LogP contribution in [0.25, 0.3) is 0 Å². The number of hydrogen-bond donors (Lipinski definition) is 1. The zero-order valence-corrected chi connectivity index (χ0v) is 7.01. The van der Waals surface area contributed by atoms with Crippen LogP contribution in [0.4, 0.5) is 0 Å². The molecule has 0 amide bonds. The number of carbonyl (C=O) groups excluding carboxylic acids is 1. The maximum Gasteiger partial charge on any atom is 0.303 e. The van der Waals surface area contributed by atoms with Crippen molar-refractivity contribution in [2.75, 3.05) is 0 Å². The van der Waals surface area contributed by atoms with E-state index in [0.717, 1.165) is 0 Å². The van der Waals surface area contributed by atoms with Gasteiger partial charge in [-0.15, -0.1) is 0 Å². The summed E-state index contributed by atoms with van der Waals surface area (Å²) in [6.45, 7) is 0. The van der Waals surface area contributed by atoms with Gasteiger partial charge in [-0.25, -0.2) is 0 Å². The second-order valence-electron chi connectivity index (χ2n) is 2.62. The van der Waals surface area contributed by atoms with Crippen molar-refractivity contribution in [1.29, 1.82) is 0 Å². The second-order valence-corrected chi connectivity index (χ2v) is 2.62. The number of rotatable bonds is 7. The smallest absolute Gasteiger partial charge is 0.303 e. The molecule has 0 saturated carbocycles. The first-order chi connectivity index (χ1) is 6.07.